The van der Waals surface area contributed by atoms with Gasteiger partial charge in [0, 0.05) is 11.4 Å². The Hall–Kier alpha value is -0.780. The predicted molar refractivity (Wildman–Crippen MR) is 87.6 cm³/mol. The molecule has 1 fully saturated rings. The maximum Gasteiger partial charge on any atom is 0.237 e. The lowest BCUT2D eigenvalue weighted by molar-refractivity contribution is -0.125. The van der Waals surface area contributed by atoms with Crippen molar-refractivity contribution in [2.45, 2.75) is 54.8 Å². The molecule has 0 radical (unpaired) electrons. The Labute approximate surface area is 135 Å². The highest BCUT2D eigenvalue weighted by Crippen LogP contribution is 2.39. The SMILES string of the molecule is CCCNC1(C(N)=O)CCCC(Sc2ncccc2Cl)C1. The highest BCUT2D eigenvalue weighted by atomic mass is 35.5. The van der Waals surface area contributed by atoms with Crippen molar-refractivity contribution in [1.29, 1.82) is 0 Å². The topological polar surface area (TPSA) is 68.0 Å². The molecule has 1 aliphatic rings. The van der Waals surface area contributed by atoms with E-state index in [1.54, 1.807) is 18.0 Å². The molecule has 2 atom stereocenters. The molecular formula is C15H22ClN3OS. The average Bonchev–Trinajstić information content (AvgIpc) is 2.48. The summed E-state index contributed by atoms with van der Waals surface area (Å²) in [6.07, 6.45) is 6.32. The first-order valence-corrected chi connectivity index (χ1v) is 8.65. The van der Waals surface area contributed by atoms with Gasteiger partial charge in [-0.25, -0.2) is 4.98 Å². The highest BCUT2D eigenvalue weighted by Gasteiger charge is 2.41. The van der Waals surface area contributed by atoms with Crippen molar-refractivity contribution in [2.24, 2.45) is 5.73 Å². The second-order valence-electron chi connectivity index (χ2n) is 5.50. The molecule has 3 N–H and O–H groups in total. The molecule has 1 aromatic heterocycles. The van der Waals surface area contributed by atoms with Crippen LogP contribution in [0.15, 0.2) is 23.4 Å². The lowest BCUT2D eigenvalue weighted by atomic mass is 9.80. The van der Waals surface area contributed by atoms with Crippen molar-refractivity contribution in [1.82, 2.24) is 10.3 Å². The molecule has 0 saturated heterocycles. The third-order valence-corrected chi connectivity index (χ3v) is 5.60. The number of primary amides is 1. The summed E-state index contributed by atoms with van der Waals surface area (Å²) in [5.74, 6) is -0.242. The van der Waals surface area contributed by atoms with E-state index in [9.17, 15) is 4.79 Å². The molecule has 4 nitrogen and oxygen atoms in total. The van der Waals surface area contributed by atoms with Crippen LogP contribution < -0.4 is 11.1 Å². The van der Waals surface area contributed by atoms with Crippen molar-refractivity contribution < 1.29 is 4.79 Å². The minimum Gasteiger partial charge on any atom is -0.368 e. The van der Waals surface area contributed by atoms with Gasteiger partial charge in [0.1, 0.15) is 5.03 Å². The van der Waals surface area contributed by atoms with Crippen molar-refractivity contribution in [2.75, 3.05) is 6.54 Å². The Bertz CT molecular complexity index is 500. The van der Waals surface area contributed by atoms with Gasteiger partial charge in [-0.1, -0.05) is 18.5 Å². The number of nitrogens with two attached hydrogens (primary N) is 1. The van der Waals surface area contributed by atoms with E-state index in [1.165, 1.54) is 0 Å². The Morgan fingerprint density at radius 1 is 1.67 bits per heavy atom. The van der Waals surface area contributed by atoms with Crippen LogP contribution in [0.4, 0.5) is 0 Å². The molecule has 21 heavy (non-hydrogen) atoms. The van der Waals surface area contributed by atoms with E-state index in [1.807, 2.05) is 12.1 Å². The third-order valence-electron chi connectivity index (χ3n) is 3.89. The van der Waals surface area contributed by atoms with Crippen LogP contribution in [0.5, 0.6) is 0 Å². The van der Waals surface area contributed by atoms with Gasteiger partial charge in [0.2, 0.25) is 5.91 Å². The molecule has 116 valence electrons. The lowest BCUT2D eigenvalue weighted by Crippen LogP contribution is -2.58. The fourth-order valence-electron chi connectivity index (χ4n) is 2.78. The van der Waals surface area contributed by atoms with Crippen LogP contribution in [0.25, 0.3) is 0 Å². The molecule has 0 aliphatic heterocycles. The molecule has 0 aromatic carbocycles. The molecule has 6 heteroatoms. The van der Waals surface area contributed by atoms with Gasteiger partial charge in [-0.3, -0.25) is 4.79 Å². The van der Waals surface area contributed by atoms with Crippen LogP contribution in [-0.4, -0.2) is 28.2 Å². The fraction of sp³-hybridized carbons (Fsp3) is 0.600. The van der Waals surface area contributed by atoms with E-state index in [4.69, 9.17) is 17.3 Å². The smallest absolute Gasteiger partial charge is 0.237 e. The summed E-state index contributed by atoms with van der Waals surface area (Å²) < 4.78 is 0. The summed E-state index contributed by atoms with van der Waals surface area (Å²) in [7, 11) is 0. The van der Waals surface area contributed by atoms with Crippen molar-refractivity contribution in [3.63, 3.8) is 0 Å². The highest BCUT2D eigenvalue weighted by molar-refractivity contribution is 8.00. The number of aromatic nitrogens is 1. The first kappa shape index (κ1) is 16.6. The van der Waals surface area contributed by atoms with Crippen molar-refractivity contribution in [3.05, 3.63) is 23.4 Å². The maximum absolute atomic E-state index is 12.0. The molecule has 1 aromatic rings. The number of pyridine rings is 1. The Kier molecular flexibility index (Phi) is 5.90. The van der Waals surface area contributed by atoms with E-state index < -0.39 is 5.54 Å². The first-order valence-electron chi connectivity index (χ1n) is 7.39. The first-order chi connectivity index (χ1) is 10.1. The zero-order valence-electron chi connectivity index (χ0n) is 12.3. The number of thioether (sulfide) groups is 1. The number of hydrogen-bond acceptors (Lipinski definition) is 4. The van der Waals surface area contributed by atoms with Gasteiger partial charge in [0.25, 0.3) is 0 Å². The molecule has 1 saturated carbocycles. The van der Waals surface area contributed by atoms with Crippen molar-refractivity contribution >= 4 is 29.3 Å². The summed E-state index contributed by atoms with van der Waals surface area (Å²) in [4.78, 5) is 16.3. The molecule has 2 unspecified atom stereocenters. The summed E-state index contributed by atoms with van der Waals surface area (Å²) in [5, 5.41) is 5.18. The van der Waals surface area contributed by atoms with E-state index in [0.29, 0.717) is 10.3 Å². The van der Waals surface area contributed by atoms with Crippen LogP contribution in [0.3, 0.4) is 0 Å². The average molecular weight is 328 g/mol. The van der Waals surface area contributed by atoms with Gasteiger partial charge < -0.3 is 11.1 Å². The summed E-state index contributed by atoms with van der Waals surface area (Å²) in [6.45, 7) is 2.90. The molecule has 0 bridgehead atoms. The van der Waals surface area contributed by atoms with Crippen LogP contribution in [0, 0.1) is 0 Å². The number of hydrogen-bond donors (Lipinski definition) is 2. The summed E-state index contributed by atoms with van der Waals surface area (Å²) in [5.41, 5.74) is 5.10. The minimum absolute atomic E-state index is 0.242. The molecule has 0 spiro atoms. The van der Waals surface area contributed by atoms with E-state index >= 15 is 0 Å². The molecule has 1 heterocycles. The second kappa shape index (κ2) is 7.47. The molecule has 1 aliphatic carbocycles. The fourth-order valence-corrected chi connectivity index (χ4v) is 4.30. The number of rotatable bonds is 6. The quantitative estimate of drug-likeness (QED) is 0.842. The van der Waals surface area contributed by atoms with Crippen LogP contribution in [0.2, 0.25) is 5.02 Å². The Morgan fingerprint density at radius 3 is 3.14 bits per heavy atom. The number of carbonyl (C=O) groups excluding carboxylic acids is 1. The largest absolute Gasteiger partial charge is 0.368 e. The lowest BCUT2D eigenvalue weighted by Gasteiger charge is -2.39. The summed E-state index contributed by atoms with van der Waals surface area (Å²) in [6, 6.07) is 3.67. The molecule has 1 amide bonds. The monoisotopic (exact) mass is 327 g/mol. The van der Waals surface area contributed by atoms with E-state index in [2.05, 4.69) is 17.2 Å². The maximum atomic E-state index is 12.0. The molecular weight excluding hydrogens is 306 g/mol. The zero-order valence-corrected chi connectivity index (χ0v) is 13.8. The normalized spacial score (nSPS) is 25.7. The second-order valence-corrected chi connectivity index (χ2v) is 7.20. The minimum atomic E-state index is -0.576. The van der Waals surface area contributed by atoms with Crippen LogP contribution >= 0.6 is 23.4 Å². The van der Waals surface area contributed by atoms with Crippen LogP contribution in [-0.2, 0) is 4.79 Å². The number of carbonyl (C=O) groups is 1. The van der Waals surface area contributed by atoms with Gasteiger partial charge >= 0.3 is 0 Å². The Morgan fingerprint density at radius 2 is 2.48 bits per heavy atom. The number of nitrogens with zero attached hydrogens (tertiary/aromatic N) is 1. The number of halogens is 1. The van der Waals surface area contributed by atoms with E-state index in [-0.39, 0.29) is 5.91 Å². The summed E-state index contributed by atoms with van der Waals surface area (Å²) >= 11 is 7.82. The predicted octanol–water partition coefficient (Wildman–Crippen LogP) is 2.99. The van der Waals surface area contributed by atoms with Crippen LogP contribution in [0.1, 0.15) is 39.0 Å². The number of nitrogens with one attached hydrogen (secondary N) is 1. The zero-order chi connectivity index (χ0) is 15.3. The van der Waals surface area contributed by atoms with E-state index in [0.717, 1.165) is 43.7 Å². The van der Waals surface area contributed by atoms with Gasteiger partial charge in [0.15, 0.2) is 0 Å². The van der Waals surface area contributed by atoms with Gasteiger partial charge in [0.05, 0.1) is 10.6 Å². The Balaban J connectivity index is 2.08. The van der Waals surface area contributed by atoms with Gasteiger partial charge in [-0.2, -0.15) is 0 Å². The standard InChI is InChI=1S/C15H22ClN3OS/c1-2-8-19-15(14(17)20)7-3-5-11(10-15)21-13-12(16)6-4-9-18-13/h4,6,9,11,19H,2-3,5,7-8,10H2,1H3,(H2,17,20). The third kappa shape index (κ3) is 4.11. The molecule has 2 rings (SSSR count). The number of amides is 1. The van der Waals surface area contributed by atoms with Crippen molar-refractivity contribution in [3.8, 4) is 0 Å². The van der Waals surface area contributed by atoms with Gasteiger partial charge in [-0.05, 0) is 50.8 Å². The van der Waals surface area contributed by atoms with Gasteiger partial charge in [-0.15, -0.1) is 11.8 Å².